The Morgan fingerprint density at radius 1 is 1.23 bits per heavy atom. The Kier molecular flexibility index (Phi) is 8.29. The number of halogens is 1. The molecule has 154 valence electrons. The van der Waals surface area contributed by atoms with E-state index in [0.717, 1.165) is 5.56 Å². The van der Waals surface area contributed by atoms with Crippen molar-refractivity contribution in [1.82, 2.24) is 5.32 Å². The van der Waals surface area contributed by atoms with E-state index >= 15 is 0 Å². The van der Waals surface area contributed by atoms with Gasteiger partial charge in [-0.2, -0.15) is 10.5 Å². The first-order chi connectivity index (χ1) is 14.4. The van der Waals surface area contributed by atoms with Gasteiger partial charge in [-0.15, -0.1) is 0 Å². The topological polar surface area (TPSA) is 95.1 Å². The van der Waals surface area contributed by atoms with Crippen LogP contribution in [0.15, 0.2) is 42.0 Å². The number of hydrogen-bond donors (Lipinski definition) is 1. The van der Waals surface area contributed by atoms with Gasteiger partial charge in [0.25, 0.3) is 5.91 Å². The molecule has 0 radical (unpaired) electrons. The maximum absolute atomic E-state index is 12.2. The number of benzene rings is 2. The highest BCUT2D eigenvalue weighted by Crippen LogP contribution is 2.38. The van der Waals surface area contributed by atoms with Crippen molar-refractivity contribution in [3.63, 3.8) is 0 Å². The molecular formula is C23H22ClN3O3. The summed E-state index contributed by atoms with van der Waals surface area (Å²) in [7, 11) is 0. The lowest BCUT2D eigenvalue weighted by Crippen LogP contribution is -2.30. The average molecular weight is 424 g/mol. The number of nitrogens with zero attached hydrogens (tertiary/aromatic N) is 2. The van der Waals surface area contributed by atoms with Gasteiger partial charge in [-0.3, -0.25) is 4.79 Å². The van der Waals surface area contributed by atoms with Crippen molar-refractivity contribution in [3.8, 4) is 23.6 Å². The van der Waals surface area contributed by atoms with E-state index < -0.39 is 5.91 Å². The third kappa shape index (κ3) is 6.01. The fourth-order valence-corrected chi connectivity index (χ4v) is 2.91. The molecule has 0 fully saturated rings. The lowest BCUT2D eigenvalue weighted by atomic mass is 10.1. The fraction of sp³-hybridized carbons (Fsp3) is 0.261. The van der Waals surface area contributed by atoms with E-state index in [4.69, 9.17) is 21.1 Å². The summed E-state index contributed by atoms with van der Waals surface area (Å²) in [6.07, 6.45) is 1.45. The van der Waals surface area contributed by atoms with Crippen LogP contribution in [0.2, 0.25) is 5.02 Å². The molecule has 0 atom stereocenters. The molecule has 1 N–H and O–H groups in total. The van der Waals surface area contributed by atoms with Gasteiger partial charge in [-0.1, -0.05) is 29.8 Å². The van der Waals surface area contributed by atoms with Gasteiger partial charge >= 0.3 is 0 Å². The number of amides is 1. The molecule has 7 heteroatoms. The van der Waals surface area contributed by atoms with E-state index in [1.807, 2.05) is 32.9 Å². The lowest BCUT2D eigenvalue weighted by Gasteiger charge is -2.15. The van der Waals surface area contributed by atoms with Crippen LogP contribution in [0, 0.1) is 22.7 Å². The van der Waals surface area contributed by atoms with Gasteiger partial charge in [-0.25, -0.2) is 0 Å². The smallest absolute Gasteiger partial charge is 0.262 e. The Bertz CT molecular complexity index is 1030. The predicted molar refractivity (Wildman–Crippen MR) is 115 cm³/mol. The molecule has 0 heterocycles. The Balaban J connectivity index is 2.35. The Labute approximate surface area is 181 Å². The first-order valence-corrected chi connectivity index (χ1v) is 9.77. The SMILES string of the molecule is CCOc1cc(/C=C(/C#N)C(=O)NC(C)C)cc(Cl)c1OCc1ccccc1C#N. The molecule has 30 heavy (non-hydrogen) atoms. The minimum atomic E-state index is -0.463. The zero-order valence-corrected chi connectivity index (χ0v) is 17.8. The summed E-state index contributed by atoms with van der Waals surface area (Å²) in [6.45, 7) is 5.95. The Morgan fingerprint density at radius 3 is 2.60 bits per heavy atom. The van der Waals surface area contributed by atoms with E-state index in [9.17, 15) is 15.3 Å². The maximum atomic E-state index is 12.2. The quantitative estimate of drug-likeness (QED) is 0.493. The summed E-state index contributed by atoms with van der Waals surface area (Å²) in [4.78, 5) is 12.2. The third-order valence-corrected chi connectivity index (χ3v) is 4.22. The molecule has 0 aliphatic carbocycles. The first kappa shape index (κ1) is 22.8. The summed E-state index contributed by atoms with van der Waals surface area (Å²) in [5.41, 5.74) is 1.73. The Hall–Kier alpha value is -3.48. The van der Waals surface area contributed by atoms with Crippen LogP contribution in [0.1, 0.15) is 37.5 Å². The molecule has 0 spiro atoms. The van der Waals surface area contributed by atoms with Crippen LogP contribution in [0.5, 0.6) is 11.5 Å². The second-order valence-corrected chi connectivity index (χ2v) is 7.03. The van der Waals surface area contributed by atoms with Crippen LogP contribution in [-0.2, 0) is 11.4 Å². The second-order valence-electron chi connectivity index (χ2n) is 6.62. The summed E-state index contributed by atoms with van der Waals surface area (Å²) in [5.74, 6) is 0.246. The van der Waals surface area contributed by atoms with Crippen molar-refractivity contribution >= 4 is 23.6 Å². The molecule has 0 aliphatic rings. The first-order valence-electron chi connectivity index (χ1n) is 9.39. The molecule has 1 amide bonds. The number of ether oxygens (including phenoxy) is 2. The molecule has 2 aromatic rings. The highest BCUT2D eigenvalue weighted by molar-refractivity contribution is 6.32. The largest absolute Gasteiger partial charge is 0.490 e. The number of carbonyl (C=O) groups is 1. The van der Waals surface area contributed by atoms with Gasteiger partial charge in [0.05, 0.1) is 23.3 Å². The molecule has 6 nitrogen and oxygen atoms in total. The monoisotopic (exact) mass is 423 g/mol. The molecule has 0 saturated carbocycles. The molecule has 2 rings (SSSR count). The van der Waals surface area contributed by atoms with E-state index in [-0.39, 0.29) is 23.2 Å². The van der Waals surface area contributed by atoms with E-state index in [0.29, 0.717) is 29.2 Å². The van der Waals surface area contributed by atoms with Crippen molar-refractivity contribution in [2.45, 2.75) is 33.4 Å². The summed E-state index contributed by atoms with van der Waals surface area (Å²) in [6, 6.07) is 14.3. The molecular weight excluding hydrogens is 402 g/mol. The van der Waals surface area contributed by atoms with Crippen molar-refractivity contribution in [2.24, 2.45) is 0 Å². The highest BCUT2D eigenvalue weighted by Gasteiger charge is 2.15. The molecule has 0 bridgehead atoms. The van der Waals surface area contributed by atoms with E-state index in [2.05, 4.69) is 11.4 Å². The van der Waals surface area contributed by atoms with Crippen LogP contribution in [0.4, 0.5) is 0 Å². The van der Waals surface area contributed by atoms with E-state index in [1.54, 1.807) is 30.3 Å². The second kappa shape index (κ2) is 10.9. The van der Waals surface area contributed by atoms with Gasteiger partial charge in [0, 0.05) is 11.6 Å². The van der Waals surface area contributed by atoms with Gasteiger partial charge in [0.2, 0.25) is 0 Å². The predicted octanol–water partition coefficient (Wildman–Crippen LogP) is 4.62. The van der Waals surface area contributed by atoms with Crippen LogP contribution < -0.4 is 14.8 Å². The van der Waals surface area contributed by atoms with Gasteiger partial charge in [0.1, 0.15) is 18.2 Å². The number of nitriles is 2. The zero-order valence-electron chi connectivity index (χ0n) is 17.0. The summed E-state index contributed by atoms with van der Waals surface area (Å²) < 4.78 is 11.5. The number of nitrogens with one attached hydrogen (secondary N) is 1. The third-order valence-electron chi connectivity index (χ3n) is 3.94. The van der Waals surface area contributed by atoms with Crippen molar-refractivity contribution in [1.29, 1.82) is 10.5 Å². The van der Waals surface area contributed by atoms with Gasteiger partial charge in [-0.05, 0) is 50.6 Å². The Morgan fingerprint density at radius 2 is 1.97 bits per heavy atom. The van der Waals surface area contributed by atoms with Crippen LogP contribution in [0.3, 0.4) is 0 Å². The van der Waals surface area contributed by atoms with Crippen LogP contribution in [-0.4, -0.2) is 18.6 Å². The number of carbonyl (C=O) groups excluding carboxylic acids is 1. The summed E-state index contributed by atoms with van der Waals surface area (Å²) in [5, 5.41) is 21.5. The van der Waals surface area contributed by atoms with Crippen molar-refractivity contribution in [2.75, 3.05) is 6.61 Å². The molecule has 0 saturated heterocycles. The number of rotatable bonds is 8. The minimum absolute atomic E-state index is 0.0427. The van der Waals surface area contributed by atoms with Gasteiger partial charge < -0.3 is 14.8 Å². The van der Waals surface area contributed by atoms with E-state index in [1.165, 1.54) is 6.08 Å². The van der Waals surface area contributed by atoms with Crippen LogP contribution in [0.25, 0.3) is 6.08 Å². The fourth-order valence-electron chi connectivity index (χ4n) is 2.63. The van der Waals surface area contributed by atoms with Crippen molar-refractivity contribution < 1.29 is 14.3 Å². The minimum Gasteiger partial charge on any atom is -0.490 e. The number of hydrogen-bond acceptors (Lipinski definition) is 5. The lowest BCUT2D eigenvalue weighted by molar-refractivity contribution is -0.117. The normalized spacial score (nSPS) is 10.8. The standard InChI is InChI=1S/C23H22ClN3O3/c1-4-29-21-11-16(9-19(13-26)23(28)27-15(2)3)10-20(24)22(21)30-14-18-8-6-5-7-17(18)12-25/h5-11,15H,4,14H2,1-3H3,(H,27,28)/b19-9-. The van der Waals surface area contributed by atoms with Crippen LogP contribution >= 0.6 is 11.6 Å². The molecule has 2 aromatic carbocycles. The molecule has 0 aliphatic heterocycles. The zero-order chi connectivity index (χ0) is 22.1. The molecule has 0 unspecified atom stereocenters. The maximum Gasteiger partial charge on any atom is 0.262 e. The highest BCUT2D eigenvalue weighted by atomic mass is 35.5. The molecule has 0 aromatic heterocycles. The average Bonchev–Trinajstić information content (AvgIpc) is 2.71. The van der Waals surface area contributed by atoms with Crippen molar-refractivity contribution in [3.05, 3.63) is 63.7 Å². The summed E-state index contributed by atoms with van der Waals surface area (Å²) >= 11 is 6.42. The van der Waals surface area contributed by atoms with Gasteiger partial charge in [0.15, 0.2) is 11.5 Å².